The van der Waals surface area contributed by atoms with Crippen molar-refractivity contribution in [3.8, 4) is 0 Å². The number of alkyl halides is 3. The van der Waals surface area contributed by atoms with E-state index in [-0.39, 0.29) is 12.5 Å². The number of rotatable bonds is 1. The summed E-state index contributed by atoms with van der Waals surface area (Å²) in [6, 6.07) is -0.936. The van der Waals surface area contributed by atoms with Gasteiger partial charge in [-0.2, -0.15) is 0 Å². The molecule has 0 radical (unpaired) electrons. The number of carbonyl (C=O) groups is 1. The smallest absolute Gasteiger partial charge is 0.465 e. The second-order valence-electron chi connectivity index (χ2n) is 3.83. The van der Waals surface area contributed by atoms with Crippen LogP contribution in [0, 0.1) is 0 Å². The van der Waals surface area contributed by atoms with Crippen molar-refractivity contribution in [2.45, 2.75) is 43.8 Å². The molecule has 2 bridgehead atoms. The van der Waals surface area contributed by atoms with Crippen LogP contribution in [0.4, 0.5) is 18.0 Å². The number of nitrogens with zero attached hydrogens (tertiary/aromatic N) is 1. The second kappa shape index (κ2) is 3.26. The molecule has 2 fully saturated rings. The third-order valence-corrected chi connectivity index (χ3v) is 2.99. The summed E-state index contributed by atoms with van der Waals surface area (Å²) in [6.45, 7) is 0. The number of hydrogen-bond acceptors (Lipinski definition) is 2. The van der Waals surface area contributed by atoms with Gasteiger partial charge in [-0.05, 0) is 19.3 Å². The molecule has 0 aliphatic carbocycles. The summed E-state index contributed by atoms with van der Waals surface area (Å²) < 4.78 is 39.8. The van der Waals surface area contributed by atoms with E-state index >= 15 is 0 Å². The summed E-state index contributed by atoms with van der Waals surface area (Å²) >= 11 is 0. The topological polar surface area (TPSA) is 49.8 Å². The molecular weight excluding hydrogens is 215 g/mol. The Balaban J connectivity index is 2.05. The molecule has 15 heavy (non-hydrogen) atoms. The van der Waals surface area contributed by atoms with Crippen LogP contribution < -0.4 is 0 Å². The van der Waals surface area contributed by atoms with Crippen LogP contribution in [0.15, 0.2) is 0 Å². The van der Waals surface area contributed by atoms with Crippen molar-refractivity contribution in [1.29, 1.82) is 0 Å². The highest BCUT2D eigenvalue weighted by Crippen LogP contribution is 2.41. The zero-order valence-electron chi connectivity index (χ0n) is 7.70. The molecule has 0 spiro atoms. The van der Waals surface area contributed by atoms with Crippen LogP contribution in [0.5, 0.6) is 0 Å². The van der Waals surface area contributed by atoms with Gasteiger partial charge in [-0.15, -0.1) is 13.2 Å². The minimum Gasteiger partial charge on any atom is -0.465 e. The normalized spacial score (nSPS) is 34.9. The number of amides is 1. The summed E-state index contributed by atoms with van der Waals surface area (Å²) in [7, 11) is 0. The fraction of sp³-hybridized carbons (Fsp3) is 0.875. The quantitative estimate of drug-likeness (QED) is 0.740. The van der Waals surface area contributed by atoms with E-state index < -0.39 is 24.6 Å². The first-order valence-electron chi connectivity index (χ1n) is 4.64. The largest absolute Gasteiger partial charge is 0.522 e. The van der Waals surface area contributed by atoms with Gasteiger partial charge in [-0.1, -0.05) is 0 Å². The van der Waals surface area contributed by atoms with Crippen molar-refractivity contribution >= 4 is 6.09 Å². The highest BCUT2D eigenvalue weighted by molar-refractivity contribution is 5.67. The minimum atomic E-state index is -4.68. The lowest BCUT2D eigenvalue weighted by Gasteiger charge is -2.22. The molecule has 1 N–H and O–H groups in total. The Kier molecular flexibility index (Phi) is 2.29. The average Bonchev–Trinajstić information content (AvgIpc) is 2.56. The zero-order valence-corrected chi connectivity index (χ0v) is 7.70. The molecule has 7 heteroatoms. The van der Waals surface area contributed by atoms with Gasteiger partial charge in [-0.25, -0.2) is 4.79 Å². The van der Waals surface area contributed by atoms with Crippen LogP contribution in [0.3, 0.4) is 0 Å². The molecule has 1 amide bonds. The minimum absolute atomic E-state index is 0.149. The van der Waals surface area contributed by atoms with Crippen molar-refractivity contribution in [1.82, 2.24) is 4.90 Å². The standard InChI is InChI=1S/C8H10F3NO3/c9-8(10,11)15-6-3-4-1-2-5(6)12(4)7(13)14/h4-6H,1-3H2,(H,13,14)/t4-,5+,6?/m1/s1. The lowest BCUT2D eigenvalue weighted by molar-refractivity contribution is -0.344. The second-order valence-corrected chi connectivity index (χ2v) is 3.83. The molecule has 0 aromatic rings. The first-order chi connectivity index (χ1) is 6.88. The Morgan fingerprint density at radius 2 is 2.07 bits per heavy atom. The predicted molar refractivity (Wildman–Crippen MR) is 42.2 cm³/mol. The molecular formula is C8H10F3NO3. The van der Waals surface area contributed by atoms with Crippen molar-refractivity contribution in [2.24, 2.45) is 0 Å². The summed E-state index contributed by atoms with van der Waals surface area (Å²) in [6.07, 6.45) is -5.63. The summed E-state index contributed by atoms with van der Waals surface area (Å²) in [4.78, 5) is 11.9. The number of carboxylic acid groups (broad SMARTS) is 1. The third kappa shape index (κ3) is 1.88. The lowest BCUT2D eigenvalue weighted by atomic mass is 9.98. The van der Waals surface area contributed by atoms with Crippen LogP contribution in [0.1, 0.15) is 19.3 Å². The monoisotopic (exact) mass is 225 g/mol. The maximum absolute atomic E-state index is 12.0. The molecule has 0 aromatic heterocycles. The maximum atomic E-state index is 12.0. The van der Waals surface area contributed by atoms with Gasteiger partial charge < -0.3 is 5.11 Å². The van der Waals surface area contributed by atoms with E-state index in [4.69, 9.17) is 5.11 Å². The third-order valence-electron chi connectivity index (χ3n) is 2.99. The fourth-order valence-corrected chi connectivity index (χ4v) is 2.53. The number of ether oxygens (including phenoxy) is 1. The van der Waals surface area contributed by atoms with Gasteiger partial charge in [0, 0.05) is 6.04 Å². The molecule has 2 rings (SSSR count). The SMILES string of the molecule is O=C(O)N1[C@@H]2CC[C@H]1C(OC(F)(F)F)C2. The first-order valence-corrected chi connectivity index (χ1v) is 4.64. The number of fused-ring (bicyclic) bond motifs is 2. The van der Waals surface area contributed by atoms with Crippen LogP contribution in [0.25, 0.3) is 0 Å². The van der Waals surface area contributed by atoms with Crippen molar-refractivity contribution in [3.05, 3.63) is 0 Å². The zero-order chi connectivity index (χ0) is 11.2. The van der Waals surface area contributed by atoms with Crippen LogP contribution in [0.2, 0.25) is 0 Å². The van der Waals surface area contributed by atoms with E-state index in [0.29, 0.717) is 12.8 Å². The van der Waals surface area contributed by atoms with Gasteiger partial charge >= 0.3 is 12.5 Å². The Labute approximate surface area is 83.6 Å². The molecule has 4 nitrogen and oxygen atoms in total. The fourth-order valence-electron chi connectivity index (χ4n) is 2.53. The first kappa shape index (κ1) is 10.5. The summed E-state index contributed by atoms with van der Waals surface area (Å²) in [5, 5.41) is 8.80. The average molecular weight is 225 g/mol. The van der Waals surface area contributed by atoms with Gasteiger partial charge in [0.2, 0.25) is 0 Å². The Morgan fingerprint density at radius 3 is 2.53 bits per heavy atom. The van der Waals surface area contributed by atoms with Crippen molar-refractivity contribution < 1.29 is 27.8 Å². The van der Waals surface area contributed by atoms with E-state index in [1.165, 1.54) is 0 Å². The molecule has 2 heterocycles. The van der Waals surface area contributed by atoms with Crippen molar-refractivity contribution in [3.63, 3.8) is 0 Å². The van der Waals surface area contributed by atoms with Gasteiger partial charge in [0.25, 0.3) is 0 Å². The van der Waals surface area contributed by atoms with E-state index in [1.807, 2.05) is 0 Å². The number of halogens is 3. The summed E-state index contributed by atoms with van der Waals surface area (Å²) in [5.41, 5.74) is 0. The van der Waals surface area contributed by atoms with E-state index in [9.17, 15) is 18.0 Å². The van der Waals surface area contributed by atoms with E-state index in [2.05, 4.69) is 4.74 Å². The maximum Gasteiger partial charge on any atom is 0.522 e. The molecule has 2 aliphatic heterocycles. The molecule has 2 aliphatic rings. The van der Waals surface area contributed by atoms with Crippen molar-refractivity contribution in [2.75, 3.05) is 0 Å². The van der Waals surface area contributed by atoms with Gasteiger partial charge in [0.15, 0.2) is 0 Å². The van der Waals surface area contributed by atoms with E-state index in [1.54, 1.807) is 0 Å². The van der Waals surface area contributed by atoms with Gasteiger partial charge in [0.1, 0.15) is 0 Å². The molecule has 3 atom stereocenters. The molecule has 0 aromatic carbocycles. The lowest BCUT2D eigenvalue weighted by Crippen LogP contribution is -2.39. The number of hydrogen-bond donors (Lipinski definition) is 1. The molecule has 0 saturated carbocycles. The Bertz CT molecular complexity index is 281. The predicted octanol–water partition coefficient (Wildman–Crippen LogP) is 1.81. The highest BCUT2D eigenvalue weighted by atomic mass is 19.4. The Hall–Kier alpha value is -0.980. The van der Waals surface area contributed by atoms with Gasteiger partial charge in [-0.3, -0.25) is 9.64 Å². The van der Waals surface area contributed by atoms with Crippen LogP contribution >= 0.6 is 0 Å². The summed E-state index contributed by atoms with van der Waals surface area (Å²) in [5.74, 6) is 0. The highest BCUT2D eigenvalue weighted by Gasteiger charge is 2.52. The Morgan fingerprint density at radius 1 is 1.40 bits per heavy atom. The molecule has 2 saturated heterocycles. The molecule has 1 unspecified atom stereocenters. The van der Waals surface area contributed by atoms with Crippen LogP contribution in [-0.4, -0.2) is 40.6 Å². The van der Waals surface area contributed by atoms with E-state index in [0.717, 1.165) is 4.90 Å². The van der Waals surface area contributed by atoms with Gasteiger partial charge in [0.05, 0.1) is 12.1 Å². The van der Waals surface area contributed by atoms with Crippen LogP contribution in [-0.2, 0) is 4.74 Å². The molecule has 86 valence electrons.